The van der Waals surface area contributed by atoms with Crippen LogP contribution in [0.25, 0.3) is 0 Å². The predicted molar refractivity (Wildman–Crippen MR) is 96.4 cm³/mol. The number of rotatable bonds is 1. The van der Waals surface area contributed by atoms with Gasteiger partial charge in [-0.25, -0.2) is 0 Å². The number of carbonyl (C=O) groups is 1. The Kier molecular flexibility index (Phi) is 3.57. The molecule has 1 spiro atoms. The molecule has 1 amide bonds. The monoisotopic (exact) mass is 348 g/mol. The average Bonchev–Trinajstić information content (AvgIpc) is 3.25. The summed E-state index contributed by atoms with van der Waals surface area (Å²) < 4.78 is 12.1. The van der Waals surface area contributed by atoms with E-state index in [1.165, 1.54) is 11.1 Å². The number of hydrogen-bond acceptors (Lipinski definition) is 4. The van der Waals surface area contributed by atoms with Gasteiger partial charge in [-0.15, -0.1) is 0 Å². The van der Waals surface area contributed by atoms with E-state index in [4.69, 9.17) is 9.47 Å². The zero-order valence-corrected chi connectivity index (χ0v) is 14.4. The van der Waals surface area contributed by atoms with E-state index in [9.17, 15) is 4.79 Å². The Labute approximate surface area is 152 Å². The normalized spacial score (nSPS) is 23.7. The van der Waals surface area contributed by atoms with E-state index >= 15 is 0 Å². The van der Waals surface area contributed by atoms with Gasteiger partial charge < -0.3 is 14.4 Å². The fourth-order valence-electron chi connectivity index (χ4n) is 4.18. The highest BCUT2D eigenvalue weighted by Gasteiger charge is 2.44. The summed E-state index contributed by atoms with van der Waals surface area (Å²) in [5.74, 6) is -0.228. The lowest BCUT2D eigenvalue weighted by Crippen LogP contribution is -2.45. The molecule has 0 aromatic heterocycles. The standard InChI is InChI=1S/C21H20N2O3/c24-19-18(15-6-2-1-3-7-15)26-20(22-19)23-12-10-21(11-13-23)17-9-5-4-8-16(17)14-25-21/h1-9,18H,10-14H2. The van der Waals surface area contributed by atoms with Crippen molar-refractivity contribution in [2.45, 2.75) is 31.2 Å². The van der Waals surface area contributed by atoms with Crippen LogP contribution in [-0.2, 0) is 26.5 Å². The number of amidine groups is 1. The van der Waals surface area contributed by atoms with E-state index in [-0.39, 0.29) is 11.5 Å². The van der Waals surface area contributed by atoms with E-state index in [0.29, 0.717) is 12.6 Å². The minimum absolute atomic E-state index is 0.199. The first-order valence-corrected chi connectivity index (χ1v) is 9.07. The number of fused-ring (bicyclic) bond motifs is 2. The molecule has 5 rings (SSSR count). The molecule has 3 heterocycles. The van der Waals surface area contributed by atoms with Crippen molar-refractivity contribution in [2.24, 2.45) is 4.99 Å². The molecule has 0 N–H and O–H groups in total. The van der Waals surface area contributed by atoms with Gasteiger partial charge in [0, 0.05) is 18.7 Å². The van der Waals surface area contributed by atoms with Gasteiger partial charge in [-0.1, -0.05) is 54.6 Å². The van der Waals surface area contributed by atoms with Gasteiger partial charge in [-0.3, -0.25) is 4.79 Å². The molecule has 132 valence electrons. The van der Waals surface area contributed by atoms with Gasteiger partial charge >= 0.3 is 0 Å². The fourth-order valence-corrected chi connectivity index (χ4v) is 4.18. The Morgan fingerprint density at radius 3 is 2.54 bits per heavy atom. The first-order valence-electron chi connectivity index (χ1n) is 9.07. The predicted octanol–water partition coefficient (Wildman–Crippen LogP) is 3.16. The molecule has 0 radical (unpaired) electrons. The SMILES string of the molecule is O=C1N=C(N2CCC3(CC2)OCc2ccccc23)OC1c1ccccc1. The van der Waals surface area contributed by atoms with E-state index in [2.05, 4.69) is 34.2 Å². The first-order chi connectivity index (χ1) is 12.8. The van der Waals surface area contributed by atoms with E-state index in [1.807, 2.05) is 30.3 Å². The van der Waals surface area contributed by atoms with Gasteiger partial charge in [-0.2, -0.15) is 4.99 Å². The maximum absolute atomic E-state index is 12.3. The van der Waals surface area contributed by atoms with Gasteiger partial charge in [0.25, 0.3) is 11.9 Å². The van der Waals surface area contributed by atoms with Crippen LogP contribution >= 0.6 is 0 Å². The van der Waals surface area contributed by atoms with Crippen molar-refractivity contribution >= 4 is 11.9 Å². The van der Waals surface area contributed by atoms with Gasteiger partial charge in [0.15, 0.2) is 0 Å². The van der Waals surface area contributed by atoms with Crippen molar-refractivity contribution in [1.29, 1.82) is 0 Å². The van der Waals surface area contributed by atoms with E-state index < -0.39 is 6.10 Å². The lowest BCUT2D eigenvalue weighted by atomic mass is 9.84. The Balaban J connectivity index is 1.30. The van der Waals surface area contributed by atoms with Crippen LogP contribution in [0.4, 0.5) is 0 Å². The zero-order valence-electron chi connectivity index (χ0n) is 14.4. The van der Waals surface area contributed by atoms with Crippen LogP contribution in [0.2, 0.25) is 0 Å². The Morgan fingerprint density at radius 1 is 1.00 bits per heavy atom. The fraction of sp³-hybridized carbons (Fsp3) is 0.333. The topological polar surface area (TPSA) is 51.1 Å². The van der Waals surface area contributed by atoms with E-state index in [1.54, 1.807) is 0 Å². The highest BCUT2D eigenvalue weighted by Crippen LogP contribution is 2.44. The summed E-state index contributed by atoms with van der Waals surface area (Å²) in [4.78, 5) is 18.5. The molecule has 1 unspecified atom stereocenters. The third-order valence-corrected chi connectivity index (χ3v) is 5.61. The average molecular weight is 348 g/mol. The molecule has 0 saturated carbocycles. The van der Waals surface area contributed by atoms with Crippen molar-refractivity contribution in [3.05, 3.63) is 71.3 Å². The summed E-state index contributed by atoms with van der Waals surface area (Å²) in [6.07, 6.45) is 1.12. The summed E-state index contributed by atoms with van der Waals surface area (Å²) in [5.41, 5.74) is 3.24. The highest BCUT2D eigenvalue weighted by atomic mass is 16.5. The maximum atomic E-state index is 12.3. The highest BCUT2D eigenvalue weighted by molar-refractivity contribution is 5.99. The van der Waals surface area contributed by atoms with Crippen LogP contribution in [0.1, 0.15) is 35.6 Å². The molecule has 5 heteroatoms. The number of aliphatic imine (C=N–C) groups is 1. The quantitative estimate of drug-likeness (QED) is 0.794. The summed E-state index contributed by atoms with van der Waals surface area (Å²) in [5, 5.41) is 0. The Hall–Kier alpha value is -2.66. The molecule has 5 nitrogen and oxygen atoms in total. The molecule has 26 heavy (non-hydrogen) atoms. The molecule has 1 saturated heterocycles. The largest absolute Gasteiger partial charge is 0.446 e. The summed E-state index contributed by atoms with van der Waals surface area (Å²) >= 11 is 0. The van der Waals surface area contributed by atoms with Crippen molar-refractivity contribution in [3.63, 3.8) is 0 Å². The number of nitrogens with zero attached hydrogens (tertiary/aromatic N) is 2. The second kappa shape index (κ2) is 5.95. The van der Waals surface area contributed by atoms with Crippen LogP contribution in [-0.4, -0.2) is 29.9 Å². The number of piperidine rings is 1. The lowest BCUT2D eigenvalue weighted by molar-refractivity contribution is -0.123. The Bertz CT molecular complexity index is 870. The molecule has 1 fully saturated rings. The zero-order chi connectivity index (χ0) is 17.6. The maximum Gasteiger partial charge on any atom is 0.296 e. The molecule has 2 aromatic carbocycles. The molecular weight excluding hydrogens is 328 g/mol. The van der Waals surface area contributed by atoms with Crippen LogP contribution in [0.3, 0.4) is 0 Å². The number of ether oxygens (including phenoxy) is 2. The van der Waals surface area contributed by atoms with E-state index in [0.717, 1.165) is 31.5 Å². The van der Waals surface area contributed by atoms with Gasteiger partial charge in [-0.05, 0) is 24.0 Å². The smallest absolute Gasteiger partial charge is 0.296 e. The first kappa shape index (κ1) is 15.6. The third-order valence-electron chi connectivity index (χ3n) is 5.61. The minimum atomic E-state index is -0.620. The number of benzene rings is 2. The number of likely N-dealkylation sites (tertiary alicyclic amines) is 1. The Morgan fingerprint density at radius 2 is 1.73 bits per heavy atom. The van der Waals surface area contributed by atoms with Crippen LogP contribution in [0.15, 0.2) is 59.6 Å². The summed E-state index contributed by atoms with van der Waals surface area (Å²) in [6.45, 7) is 2.21. The molecule has 1 atom stereocenters. The van der Waals surface area contributed by atoms with Gasteiger partial charge in [0.1, 0.15) is 0 Å². The summed E-state index contributed by atoms with van der Waals surface area (Å²) in [7, 11) is 0. The minimum Gasteiger partial charge on any atom is -0.446 e. The van der Waals surface area contributed by atoms with Crippen LogP contribution in [0, 0.1) is 0 Å². The second-order valence-electron chi connectivity index (χ2n) is 7.07. The summed E-state index contributed by atoms with van der Waals surface area (Å²) in [6, 6.07) is 18.4. The van der Waals surface area contributed by atoms with Gasteiger partial charge in [0.05, 0.1) is 12.2 Å². The van der Waals surface area contributed by atoms with Crippen molar-refractivity contribution < 1.29 is 14.3 Å². The third kappa shape index (κ3) is 2.42. The second-order valence-corrected chi connectivity index (χ2v) is 7.07. The number of hydrogen-bond donors (Lipinski definition) is 0. The molecule has 3 aliphatic heterocycles. The van der Waals surface area contributed by atoms with Crippen molar-refractivity contribution in [1.82, 2.24) is 4.90 Å². The molecule has 2 aromatic rings. The molecule has 0 bridgehead atoms. The number of carbonyl (C=O) groups excluding carboxylic acids is 1. The van der Waals surface area contributed by atoms with Crippen LogP contribution < -0.4 is 0 Å². The molecule has 0 aliphatic carbocycles. The lowest BCUT2D eigenvalue weighted by Gasteiger charge is -2.39. The molecule has 3 aliphatic rings. The van der Waals surface area contributed by atoms with Crippen molar-refractivity contribution in [2.75, 3.05) is 13.1 Å². The molecular formula is C21H20N2O3. The van der Waals surface area contributed by atoms with Crippen LogP contribution in [0.5, 0.6) is 0 Å². The van der Waals surface area contributed by atoms with Gasteiger partial charge in [0.2, 0.25) is 6.10 Å². The van der Waals surface area contributed by atoms with Crippen molar-refractivity contribution in [3.8, 4) is 0 Å². The number of amides is 1.